The van der Waals surface area contributed by atoms with Crippen LogP contribution in [0.3, 0.4) is 0 Å². The molecule has 1 aromatic carbocycles. The molecule has 0 fully saturated rings. The molecule has 2 heterocycles. The van der Waals surface area contributed by atoms with Gasteiger partial charge >= 0.3 is 5.97 Å². The molecule has 0 saturated heterocycles. The van der Waals surface area contributed by atoms with E-state index in [2.05, 4.69) is 15.2 Å². The monoisotopic (exact) mass is 382 g/mol. The summed E-state index contributed by atoms with van der Waals surface area (Å²) in [5.41, 5.74) is 1.07. The first-order valence-electron chi connectivity index (χ1n) is 8.19. The smallest absolute Gasteiger partial charge is 0.360 e. The number of oxime groups is 1. The standard InChI is InChI=1S/C19H18N4O5/c1-25-14-8-6-13(7-9-14)23-12-10-16(21-23)28-18-15(5-4-11-20-18)17(22-27-3)19(24)26-2/h4-12H,1-3H3/b22-17+. The molecule has 2 aromatic heterocycles. The van der Waals surface area contributed by atoms with Crippen LogP contribution in [0.25, 0.3) is 5.69 Å². The molecular formula is C19H18N4O5. The highest BCUT2D eigenvalue weighted by Crippen LogP contribution is 2.24. The molecule has 3 rings (SSSR count). The zero-order valence-electron chi connectivity index (χ0n) is 15.5. The number of aromatic nitrogens is 3. The van der Waals surface area contributed by atoms with Crippen molar-refractivity contribution in [3.63, 3.8) is 0 Å². The van der Waals surface area contributed by atoms with E-state index in [0.717, 1.165) is 11.4 Å². The quantitative estimate of drug-likeness (QED) is 0.352. The zero-order valence-corrected chi connectivity index (χ0v) is 15.5. The van der Waals surface area contributed by atoms with E-state index in [-0.39, 0.29) is 17.5 Å². The summed E-state index contributed by atoms with van der Waals surface area (Å²) in [6.07, 6.45) is 3.27. The normalized spacial score (nSPS) is 11.0. The minimum absolute atomic E-state index is 0.0670. The molecule has 0 radical (unpaired) electrons. The number of carbonyl (C=O) groups excluding carboxylic acids is 1. The minimum Gasteiger partial charge on any atom is -0.497 e. The average molecular weight is 382 g/mol. The van der Waals surface area contributed by atoms with Crippen molar-refractivity contribution in [3.05, 3.63) is 60.4 Å². The Bertz CT molecular complexity index is 982. The molecule has 0 amide bonds. The highest BCUT2D eigenvalue weighted by molar-refractivity contribution is 6.43. The van der Waals surface area contributed by atoms with Crippen LogP contribution < -0.4 is 9.47 Å². The van der Waals surface area contributed by atoms with Crippen molar-refractivity contribution >= 4 is 11.7 Å². The molecule has 0 bridgehead atoms. The fourth-order valence-corrected chi connectivity index (χ4v) is 2.38. The second-order valence-corrected chi connectivity index (χ2v) is 5.37. The Morgan fingerprint density at radius 3 is 2.54 bits per heavy atom. The lowest BCUT2D eigenvalue weighted by atomic mass is 10.1. The van der Waals surface area contributed by atoms with Gasteiger partial charge in [0.15, 0.2) is 5.71 Å². The van der Waals surface area contributed by atoms with E-state index in [1.165, 1.54) is 20.4 Å². The molecule has 3 aromatic rings. The zero-order chi connectivity index (χ0) is 19.9. The Balaban J connectivity index is 1.88. The van der Waals surface area contributed by atoms with Crippen molar-refractivity contribution in [2.24, 2.45) is 5.16 Å². The molecule has 0 atom stereocenters. The van der Waals surface area contributed by atoms with E-state index in [4.69, 9.17) is 19.0 Å². The van der Waals surface area contributed by atoms with Gasteiger partial charge in [-0.3, -0.25) is 0 Å². The van der Waals surface area contributed by atoms with Crippen molar-refractivity contribution in [2.75, 3.05) is 21.3 Å². The summed E-state index contributed by atoms with van der Waals surface area (Å²) >= 11 is 0. The lowest BCUT2D eigenvalue weighted by Crippen LogP contribution is -2.18. The summed E-state index contributed by atoms with van der Waals surface area (Å²) in [7, 11) is 4.19. The molecule has 0 unspecified atom stereocenters. The number of pyridine rings is 1. The number of hydrogen-bond acceptors (Lipinski definition) is 8. The maximum Gasteiger partial charge on any atom is 0.360 e. The number of carbonyl (C=O) groups is 1. The van der Waals surface area contributed by atoms with Crippen molar-refractivity contribution in [1.29, 1.82) is 0 Å². The number of benzene rings is 1. The van der Waals surface area contributed by atoms with Crippen LogP contribution >= 0.6 is 0 Å². The van der Waals surface area contributed by atoms with Gasteiger partial charge in [-0.05, 0) is 36.4 Å². The van der Waals surface area contributed by atoms with Gasteiger partial charge in [0, 0.05) is 18.5 Å². The van der Waals surface area contributed by atoms with Gasteiger partial charge in [0.1, 0.15) is 12.9 Å². The van der Waals surface area contributed by atoms with Crippen molar-refractivity contribution in [1.82, 2.24) is 14.8 Å². The SMILES string of the molecule is CO/N=C(/C(=O)OC)c1cccnc1Oc1ccn(-c2ccc(OC)cc2)n1. The molecular weight excluding hydrogens is 364 g/mol. The van der Waals surface area contributed by atoms with E-state index in [1.807, 2.05) is 24.3 Å². The third-order valence-electron chi connectivity index (χ3n) is 3.69. The molecule has 0 aliphatic rings. The predicted molar refractivity (Wildman–Crippen MR) is 100.0 cm³/mol. The fourth-order valence-electron chi connectivity index (χ4n) is 2.38. The third kappa shape index (κ3) is 4.09. The van der Waals surface area contributed by atoms with Crippen LogP contribution in [0.4, 0.5) is 0 Å². The predicted octanol–water partition coefficient (Wildman–Crippen LogP) is 2.59. The number of methoxy groups -OCH3 is 2. The van der Waals surface area contributed by atoms with Crippen molar-refractivity contribution in [3.8, 4) is 23.2 Å². The Kier molecular flexibility index (Phi) is 5.85. The highest BCUT2D eigenvalue weighted by atomic mass is 16.6. The first-order valence-corrected chi connectivity index (χ1v) is 8.19. The molecule has 0 saturated carbocycles. The van der Waals surface area contributed by atoms with Crippen LogP contribution in [0.5, 0.6) is 17.5 Å². The Labute approximate surface area is 161 Å². The minimum atomic E-state index is -0.677. The van der Waals surface area contributed by atoms with Gasteiger partial charge in [0.05, 0.1) is 25.5 Å². The maximum absolute atomic E-state index is 12.0. The van der Waals surface area contributed by atoms with E-state index >= 15 is 0 Å². The third-order valence-corrected chi connectivity index (χ3v) is 3.69. The second kappa shape index (κ2) is 8.67. The van der Waals surface area contributed by atoms with Gasteiger partial charge in [0.25, 0.3) is 0 Å². The molecule has 0 N–H and O–H groups in total. The summed E-state index contributed by atoms with van der Waals surface area (Å²) in [4.78, 5) is 20.9. The molecule has 0 aliphatic heterocycles. The van der Waals surface area contributed by atoms with Gasteiger partial charge in [0.2, 0.25) is 11.8 Å². The van der Waals surface area contributed by atoms with Gasteiger partial charge in [-0.15, -0.1) is 5.10 Å². The fraction of sp³-hybridized carbons (Fsp3) is 0.158. The van der Waals surface area contributed by atoms with Crippen molar-refractivity contribution < 1.29 is 23.8 Å². The summed E-state index contributed by atoms with van der Waals surface area (Å²) in [6, 6.07) is 12.3. The van der Waals surface area contributed by atoms with Crippen molar-refractivity contribution in [2.45, 2.75) is 0 Å². The number of rotatable bonds is 7. The summed E-state index contributed by atoms with van der Waals surface area (Å²) in [6.45, 7) is 0. The maximum atomic E-state index is 12.0. The summed E-state index contributed by atoms with van der Waals surface area (Å²) < 4.78 is 17.3. The molecule has 144 valence electrons. The Hall–Kier alpha value is -3.88. The Morgan fingerprint density at radius 1 is 1.07 bits per heavy atom. The van der Waals surface area contributed by atoms with Crippen LogP contribution in [-0.2, 0) is 14.4 Å². The van der Waals surface area contributed by atoms with Gasteiger partial charge in [-0.1, -0.05) is 5.16 Å². The van der Waals surface area contributed by atoms with Crippen LogP contribution in [0.15, 0.2) is 60.0 Å². The van der Waals surface area contributed by atoms with Gasteiger partial charge in [-0.2, -0.15) is 0 Å². The molecule has 0 spiro atoms. The van der Waals surface area contributed by atoms with Gasteiger partial charge < -0.3 is 19.0 Å². The lowest BCUT2D eigenvalue weighted by Gasteiger charge is -2.09. The molecule has 28 heavy (non-hydrogen) atoms. The summed E-state index contributed by atoms with van der Waals surface area (Å²) in [5.74, 6) is 0.503. The molecule has 9 nitrogen and oxygen atoms in total. The number of nitrogens with zero attached hydrogens (tertiary/aromatic N) is 4. The van der Waals surface area contributed by atoms with E-state index in [1.54, 1.807) is 36.2 Å². The number of esters is 1. The van der Waals surface area contributed by atoms with Crippen LogP contribution in [0.1, 0.15) is 5.56 Å². The molecule has 0 aliphatic carbocycles. The largest absolute Gasteiger partial charge is 0.497 e. The Morgan fingerprint density at radius 2 is 1.86 bits per heavy atom. The molecule has 9 heteroatoms. The number of ether oxygens (including phenoxy) is 3. The van der Waals surface area contributed by atoms with Gasteiger partial charge in [-0.25, -0.2) is 14.5 Å². The summed E-state index contributed by atoms with van der Waals surface area (Å²) in [5, 5.41) is 8.09. The average Bonchev–Trinajstić information content (AvgIpc) is 3.20. The van der Waals surface area contributed by atoms with E-state index in [0.29, 0.717) is 5.56 Å². The van der Waals surface area contributed by atoms with E-state index in [9.17, 15) is 4.79 Å². The van der Waals surface area contributed by atoms with Crippen LogP contribution in [0.2, 0.25) is 0 Å². The first-order chi connectivity index (χ1) is 13.7. The number of hydrogen-bond donors (Lipinski definition) is 0. The van der Waals surface area contributed by atoms with Crippen LogP contribution in [-0.4, -0.2) is 47.8 Å². The topological polar surface area (TPSA) is 97.1 Å². The first kappa shape index (κ1) is 18.9. The highest BCUT2D eigenvalue weighted by Gasteiger charge is 2.22. The van der Waals surface area contributed by atoms with Crippen LogP contribution in [0, 0.1) is 0 Å². The lowest BCUT2D eigenvalue weighted by molar-refractivity contribution is -0.132. The second-order valence-electron chi connectivity index (χ2n) is 5.37. The van der Waals surface area contributed by atoms with E-state index < -0.39 is 5.97 Å².